The predicted molar refractivity (Wildman–Crippen MR) is 131 cm³/mol. The topological polar surface area (TPSA) is 65.4 Å². The number of rotatable bonds is 8. The molecule has 0 saturated carbocycles. The van der Waals surface area contributed by atoms with Crippen LogP contribution in [0, 0.1) is 6.92 Å². The summed E-state index contributed by atoms with van der Waals surface area (Å²) in [5, 5.41) is 4.21. The van der Waals surface area contributed by atoms with Gasteiger partial charge in [-0.05, 0) is 79.0 Å². The Morgan fingerprint density at radius 2 is 1.91 bits per heavy atom. The summed E-state index contributed by atoms with van der Waals surface area (Å²) >= 11 is 9.70. The van der Waals surface area contributed by atoms with Crippen molar-refractivity contribution in [1.82, 2.24) is 9.55 Å². The largest absolute Gasteiger partial charge is 0.495 e. The number of anilines is 1. The van der Waals surface area contributed by atoms with Crippen LogP contribution in [-0.4, -0.2) is 29.2 Å². The van der Waals surface area contributed by atoms with Gasteiger partial charge in [0.05, 0.1) is 31.1 Å². The Labute approximate surface area is 202 Å². The zero-order chi connectivity index (χ0) is 23.4. The second kappa shape index (κ2) is 10.4. The van der Waals surface area contributed by atoms with Crippen LogP contribution in [0.15, 0.2) is 47.2 Å². The van der Waals surface area contributed by atoms with E-state index in [0.29, 0.717) is 21.2 Å². The van der Waals surface area contributed by atoms with Crippen molar-refractivity contribution in [2.24, 2.45) is 0 Å². The average molecular weight is 521 g/mol. The first kappa shape index (κ1) is 24.1. The Balaban J connectivity index is 2.26. The Kier molecular flexibility index (Phi) is 7.85. The number of nitrogens with one attached hydrogen (secondary N) is 1. The van der Waals surface area contributed by atoms with Crippen LogP contribution in [0.5, 0.6) is 5.75 Å². The molecule has 0 radical (unpaired) electrons. The number of esters is 1. The molecule has 1 atom stereocenters. The van der Waals surface area contributed by atoms with E-state index in [0.717, 1.165) is 16.8 Å². The highest BCUT2D eigenvalue weighted by Crippen LogP contribution is 2.37. The molecule has 0 aliphatic rings. The summed E-state index contributed by atoms with van der Waals surface area (Å²) in [5.74, 6) is 0.224. The molecular weight excluding hydrogens is 494 g/mol. The van der Waals surface area contributed by atoms with Crippen molar-refractivity contribution in [2.75, 3.05) is 19.0 Å². The fourth-order valence-corrected chi connectivity index (χ4v) is 4.49. The van der Waals surface area contributed by atoms with Crippen LogP contribution < -0.4 is 10.1 Å². The van der Waals surface area contributed by atoms with Gasteiger partial charge in [0.2, 0.25) is 0 Å². The zero-order valence-electron chi connectivity index (χ0n) is 18.8. The van der Waals surface area contributed by atoms with Crippen molar-refractivity contribution in [2.45, 2.75) is 39.8 Å². The molecule has 1 heterocycles. The van der Waals surface area contributed by atoms with E-state index in [9.17, 15) is 4.79 Å². The Bertz CT molecular complexity index is 1100. The molecule has 1 unspecified atom stereocenters. The lowest BCUT2D eigenvalue weighted by Gasteiger charge is -2.26. The van der Waals surface area contributed by atoms with Crippen molar-refractivity contribution >= 4 is 39.2 Å². The lowest BCUT2D eigenvalue weighted by molar-refractivity contribution is 0.0518. The molecule has 0 aliphatic carbocycles. The number of hydrogen-bond acceptors (Lipinski definition) is 5. The number of carbonyl (C=O) groups excluding carboxylic acids is 1. The van der Waals surface area contributed by atoms with Crippen LogP contribution >= 0.6 is 27.5 Å². The lowest BCUT2D eigenvalue weighted by Crippen LogP contribution is -2.22. The second-order valence-electron chi connectivity index (χ2n) is 7.63. The molecule has 8 heteroatoms. The van der Waals surface area contributed by atoms with E-state index in [4.69, 9.17) is 21.1 Å². The highest BCUT2D eigenvalue weighted by molar-refractivity contribution is 9.10. The quantitative estimate of drug-likeness (QED) is 0.340. The van der Waals surface area contributed by atoms with E-state index < -0.39 is 12.0 Å². The van der Waals surface area contributed by atoms with Crippen LogP contribution in [0.2, 0.25) is 5.02 Å². The lowest BCUT2D eigenvalue weighted by atomic mass is 10.0. The number of aryl methyl sites for hydroxylation is 1. The number of nitrogens with zero attached hydrogens (tertiary/aromatic N) is 2. The van der Waals surface area contributed by atoms with Crippen LogP contribution in [0.25, 0.3) is 0 Å². The number of ether oxygens (including phenoxy) is 2. The van der Waals surface area contributed by atoms with Crippen molar-refractivity contribution in [1.29, 1.82) is 0 Å². The molecule has 0 aliphatic heterocycles. The van der Waals surface area contributed by atoms with Crippen molar-refractivity contribution in [3.63, 3.8) is 0 Å². The highest BCUT2D eigenvalue weighted by Gasteiger charge is 2.31. The predicted octanol–water partition coefficient (Wildman–Crippen LogP) is 6.58. The normalized spacial score (nSPS) is 12.0. The maximum atomic E-state index is 12.9. The van der Waals surface area contributed by atoms with Gasteiger partial charge in [0.15, 0.2) is 10.4 Å². The fraction of sp³-hybridized carbons (Fsp3) is 0.333. The maximum absolute atomic E-state index is 12.9. The molecule has 0 saturated heterocycles. The van der Waals surface area contributed by atoms with Crippen molar-refractivity contribution < 1.29 is 14.3 Å². The molecule has 0 amide bonds. The average Bonchev–Trinajstić information content (AvgIpc) is 3.10. The van der Waals surface area contributed by atoms with Gasteiger partial charge in [-0.3, -0.25) is 0 Å². The van der Waals surface area contributed by atoms with Gasteiger partial charge in [-0.15, -0.1) is 0 Å². The SMILES string of the molecule is CCOC(=O)c1nc(Br)n(C(C)C)c1C(Nc1cc(C)ccc1OC)c1ccc(Cl)cc1. The number of benzene rings is 2. The molecule has 1 aromatic heterocycles. The number of halogens is 2. The first-order chi connectivity index (χ1) is 15.3. The molecule has 1 N–H and O–H groups in total. The number of methoxy groups -OCH3 is 1. The summed E-state index contributed by atoms with van der Waals surface area (Å²) in [6, 6.07) is 13.0. The molecule has 2 aromatic carbocycles. The van der Waals surface area contributed by atoms with Crippen LogP contribution in [-0.2, 0) is 4.74 Å². The standard InChI is InChI=1S/C24H27BrClN3O3/c1-6-32-23(30)21-22(29(14(2)3)24(25)28-21)20(16-8-10-17(26)11-9-16)27-18-13-15(4)7-12-19(18)31-5/h7-14,20,27H,6H2,1-5H3. The van der Waals surface area contributed by atoms with Crippen molar-refractivity contribution in [3.8, 4) is 5.75 Å². The van der Waals surface area contributed by atoms with Gasteiger partial charge in [0.1, 0.15) is 5.75 Å². The summed E-state index contributed by atoms with van der Waals surface area (Å²) in [6.07, 6.45) is 0. The smallest absolute Gasteiger partial charge is 0.358 e. The summed E-state index contributed by atoms with van der Waals surface area (Å²) in [7, 11) is 1.63. The molecule has 0 bridgehead atoms. The summed E-state index contributed by atoms with van der Waals surface area (Å²) in [4.78, 5) is 17.4. The first-order valence-electron chi connectivity index (χ1n) is 10.4. The van der Waals surface area contributed by atoms with Gasteiger partial charge in [0.25, 0.3) is 0 Å². The van der Waals surface area contributed by atoms with Crippen molar-refractivity contribution in [3.05, 3.63) is 74.7 Å². The van der Waals surface area contributed by atoms with E-state index >= 15 is 0 Å². The minimum atomic E-state index is -0.473. The van der Waals surface area contributed by atoms with Gasteiger partial charge in [0, 0.05) is 11.1 Å². The maximum Gasteiger partial charge on any atom is 0.358 e. The Morgan fingerprint density at radius 1 is 1.22 bits per heavy atom. The third kappa shape index (κ3) is 5.10. The molecule has 32 heavy (non-hydrogen) atoms. The van der Waals surface area contributed by atoms with Gasteiger partial charge in [-0.25, -0.2) is 9.78 Å². The Morgan fingerprint density at radius 3 is 2.50 bits per heavy atom. The molecule has 0 spiro atoms. The molecule has 3 rings (SSSR count). The summed E-state index contributed by atoms with van der Waals surface area (Å²) in [5.41, 5.74) is 3.74. The highest BCUT2D eigenvalue weighted by atomic mass is 79.9. The summed E-state index contributed by atoms with van der Waals surface area (Å²) < 4.78 is 13.5. The van der Waals surface area contributed by atoms with Crippen LogP contribution in [0.1, 0.15) is 60.2 Å². The minimum absolute atomic E-state index is 0.0334. The number of imidazole rings is 1. The molecular formula is C24H27BrClN3O3. The summed E-state index contributed by atoms with van der Waals surface area (Å²) in [6.45, 7) is 8.13. The third-order valence-electron chi connectivity index (χ3n) is 5.02. The van der Waals surface area contributed by atoms with E-state index in [1.165, 1.54) is 0 Å². The van der Waals surface area contributed by atoms with E-state index in [1.54, 1.807) is 14.0 Å². The number of carbonyl (C=O) groups is 1. The van der Waals surface area contributed by atoms with Gasteiger partial charge < -0.3 is 19.4 Å². The van der Waals surface area contributed by atoms with Crippen LogP contribution in [0.4, 0.5) is 5.69 Å². The Hall–Kier alpha value is -2.51. The van der Waals surface area contributed by atoms with Gasteiger partial charge in [-0.1, -0.05) is 29.8 Å². The molecule has 170 valence electrons. The van der Waals surface area contributed by atoms with E-state index in [2.05, 4.69) is 26.2 Å². The van der Waals surface area contributed by atoms with Gasteiger partial charge >= 0.3 is 5.97 Å². The number of aromatic nitrogens is 2. The van der Waals surface area contributed by atoms with E-state index in [1.807, 2.05) is 67.8 Å². The first-order valence-corrected chi connectivity index (χ1v) is 11.5. The van der Waals surface area contributed by atoms with E-state index in [-0.39, 0.29) is 18.3 Å². The monoisotopic (exact) mass is 519 g/mol. The minimum Gasteiger partial charge on any atom is -0.495 e. The van der Waals surface area contributed by atoms with Crippen LogP contribution in [0.3, 0.4) is 0 Å². The molecule has 0 fully saturated rings. The second-order valence-corrected chi connectivity index (χ2v) is 8.78. The fourth-order valence-electron chi connectivity index (χ4n) is 3.59. The zero-order valence-corrected chi connectivity index (χ0v) is 21.1. The number of hydrogen-bond donors (Lipinski definition) is 1. The van der Waals surface area contributed by atoms with Gasteiger partial charge in [-0.2, -0.15) is 0 Å². The third-order valence-corrected chi connectivity index (χ3v) is 5.83. The molecule has 3 aromatic rings. The molecule has 6 nitrogen and oxygen atoms in total.